The highest BCUT2D eigenvalue weighted by Crippen LogP contribution is 1.79. The second-order valence-corrected chi connectivity index (χ2v) is 1.59. The van der Waals surface area contributed by atoms with Crippen LogP contribution in [0.25, 0.3) is 0 Å². The number of rotatable bonds is 3. The molecule has 5 nitrogen and oxygen atoms in total. The predicted octanol–water partition coefficient (Wildman–Crippen LogP) is -1.65. The van der Waals surface area contributed by atoms with Gasteiger partial charge in [0.15, 0.2) is 0 Å². The van der Waals surface area contributed by atoms with Crippen molar-refractivity contribution in [1.82, 2.24) is 0 Å². The average molecular weight is 151 g/mol. The number of nitrogens with two attached hydrogens (primary N) is 1. The molecule has 0 aromatic rings. The van der Waals surface area contributed by atoms with Crippen molar-refractivity contribution in [2.45, 2.75) is 6.10 Å². The second kappa shape index (κ2) is 4.19. The molecular weight excluding hydrogens is 146 g/mol. The number of carbonyl (C=O) groups is 1. The van der Waals surface area contributed by atoms with Crippen LogP contribution in [0.2, 0.25) is 0 Å². The summed E-state index contributed by atoms with van der Waals surface area (Å²) in [7, 11) is 0. The van der Waals surface area contributed by atoms with Crippen LogP contribution >= 0.6 is 0 Å². The summed E-state index contributed by atoms with van der Waals surface area (Å²) in [6.45, 7) is 0. The van der Waals surface area contributed by atoms with E-state index < -0.39 is 12.1 Å². The molecule has 0 rings (SSSR count). The van der Waals surface area contributed by atoms with Gasteiger partial charge in [-0.05, 0) is 0 Å². The minimum atomic E-state index is -1.31. The first-order valence-corrected chi connectivity index (χ1v) is 2.73. The Morgan fingerprint density at radius 1 is 1.89 bits per heavy atom. The topological polar surface area (TPSA) is 89.6 Å². The van der Waals surface area contributed by atoms with Crippen LogP contribution in [0, 0.1) is 0 Å². The second-order valence-electron chi connectivity index (χ2n) is 1.13. The summed E-state index contributed by atoms with van der Waals surface area (Å²) in [5.41, 5.74) is 0. The van der Waals surface area contributed by atoms with Crippen LogP contribution in [0.1, 0.15) is 0 Å². The molecule has 0 aliphatic carbocycles. The van der Waals surface area contributed by atoms with E-state index in [4.69, 9.17) is 5.11 Å². The van der Waals surface area contributed by atoms with Gasteiger partial charge in [-0.15, -0.1) is 0 Å². The molecule has 0 aliphatic heterocycles. The summed E-state index contributed by atoms with van der Waals surface area (Å²) in [4.78, 5) is 13.8. The summed E-state index contributed by atoms with van der Waals surface area (Å²) in [6.07, 6.45) is -1.31. The quantitative estimate of drug-likeness (QED) is 0.372. The lowest BCUT2D eigenvalue weighted by atomic mass is 10.4. The summed E-state index contributed by atoms with van der Waals surface area (Å²) in [5.74, 6) is 3.22. The maximum Gasteiger partial charge on any atom is 0.339 e. The van der Waals surface area contributed by atoms with E-state index in [1.54, 1.807) is 0 Å². The highest BCUT2D eigenvalue weighted by molar-refractivity contribution is 7.65. The lowest BCUT2D eigenvalue weighted by Gasteiger charge is -1.98. The van der Waals surface area contributed by atoms with E-state index in [1.165, 1.54) is 0 Å². The number of carboxylic acids is 1. The molecule has 9 heavy (non-hydrogen) atoms. The molecule has 0 spiro atoms. The van der Waals surface area contributed by atoms with Crippen molar-refractivity contribution in [2.75, 3.05) is 0 Å². The Labute approximate surface area is 54.4 Å². The van der Waals surface area contributed by atoms with E-state index in [1.807, 2.05) is 0 Å². The fraction of sp³-hybridized carbons (Fsp3) is 0.333. The van der Waals surface area contributed by atoms with Crippen molar-refractivity contribution in [3.05, 3.63) is 0 Å². The molecule has 0 aromatic carbocycles. The van der Waals surface area contributed by atoms with E-state index in [0.717, 1.165) is 5.37 Å². The van der Waals surface area contributed by atoms with Crippen LogP contribution in [-0.2, 0) is 20.9 Å². The third kappa shape index (κ3) is 2.96. The van der Waals surface area contributed by atoms with Gasteiger partial charge < -0.3 is 5.11 Å². The van der Waals surface area contributed by atoms with Crippen LogP contribution in [0.4, 0.5) is 0 Å². The molecule has 0 amide bonds. The Balaban J connectivity index is 3.98. The summed E-state index contributed by atoms with van der Waals surface area (Å²) in [6, 6.07) is 0. The Kier molecular flexibility index (Phi) is 3.85. The lowest BCUT2D eigenvalue weighted by molar-refractivity contribution is -0.145. The van der Waals surface area contributed by atoms with E-state index in [9.17, 15) is 9.00 Å². The van der Waals surface area contributed by atoms with Gasteiger partial charge in [-0.2, -0.15) is 0 Å². The highest BCUT2D eigenvalue weighted by Gasteiger charge is 2.12. The number of hydrogen-bond acceptors (Lipinski definition) is 4. The SMILES string of the molecule is NOC(C=S=O)C(=O)O. The molecule has 0 heterocycles. The maximum atomic E-state index is 9.93. The maximum absolute atomic E-state index is 9.93. The fourth-order valence-electron chi connectivity index (χ4n) is 0.199. The molecule has 0 radical (unpaired) electrons. The number of aliphatic carboxylic acids is 1. The number of carboxylic acid groups (broad SMARTS) is 1. The first-order chi connectivity index (χ1) is 4.22. The predicted molar refractivity (Wildman–Crippen MR) is 30.9 cm³/mol. The Bertz CT molecular complexity index is 150. The minimum absolute atomic E-state index is 0.00181. The van der Waals surface area contributed by atoms with E-state index in [-0.39, 0.29) is 11.3 Å². The van der Waals surface area contributed by atoms with Crippen LogP contribution < -0.4 is 5.90 Å². The highest BCUT2D eigenvalue weighted by atomic mass is 32.1. The molecule has 0 saturated heterocycles. The van der Waals surface area contributed by atoms with Gasteiger partial charge in [0.2, 0.25) is 6.10 Å². The minimum Gasteiger partial charge on any atom is -0.479 e. The molecule has 1 atom stereocenters. The summed E-state index contributed by atoms with van der Waals surface area (Å²) in [5, 5.41) is 8.95. The zero-order valence-corrected chi connectivity index (χ0v) is 5.13. The van der Waals surface area contributed by atoms with Gasteiger partial charge in [-0.3, -0.25) is 4.84 Å². The van der Waals surface area contributed by atoms with Crippen LogP contribution in [0.3, 0.4) is 0 Å². The monoisotopic (exact) mass is 151 g/mol. The summed E-state index contributed by atoms with van der Waals surface area (Å²) >= 11 is 0.00181. The third-order valence-electron chi connectivity index (χ3n) is 0.569. The molecule has 0 bridgehead atoms. The first kappa shape index (κ1) is 8.28. The van der Waals surface area contributed by atoms with Crippen LogP contribution in [-0.4, -0.2) is 26.8 Å². The molecular formula is C3H5NO4S. The molecule has 6 heteroatoms. The van der Waals surface area contributed by atoms with E-state index >= 15 is 0 Å². The zero-order chi connectivity index (χ0) is 7.28. The van der Waals surface area contributed by atoms with Crippen molar-refractivity contribution >= 4 is 22.6 Å². The van der Waals surface area contributed by atoms with E-state index in [0.29, 0.717) is 0 Å². The average Bonchev–Trinajstić information content (AvgIpc) is 1.82. The third-order valence-corrected chi connectivity index (χ3v) is 0.927. The molecule has 3 N–H and O–H groups in total. The van der Waals surface area contributed by atoms with Crippen LogP contribution in [0.5, 0.6) is 0 Å². The van der Waals surface area contributed by atoms with Gasteiger partial charge >= 0.3 is 5.97 Å². The van der Waals surface area contributed by atoms with Gasteiger partial charge in [0, 0.05) is 0 Å². The lowest BCUT2D eigenvalue weighted by Crippen LogP contribution is -2.28. The largest absolute Gasteiger partial charge is 0.479 e. The van der Waals surface area contributed by atoms with E-state index in [2.05, 4.69) is 10.7 Å². The molecule has 0 aliphatic rings. The van der Waals surface area contributed by atoms with Crippen LogP contribution in [0.15, 0.2) is 0 Å². The van der Waals surface area contributed by atoms with Gasteiger partial charge in [0.1, 0.15) is 0 Å². The van der Waals surface area contributed by atoms with Crippen molar-refractivity contribution in [3.8, 4) is 0 Å². The molecule has 52 valence electrons. The molecule has 0 fully saturated rings. The molecule has 1 unspecified atom stereocenters. The van der Waals surface area contributed by atoms with Gasteiger partial charge in [0.25, 0.3) is 0 Å². The smallest absolute Gasteiger partial charge is 0.339 e. The van der Waals surface area contributed by atoms with Crippen molar-refractivity contribution < 1.29 is 18.9 Å². The summed E-state index contributed by atoms with van der Waals surface area (Å²) < 4.78 is 9.67. The fourth-order valence-corrected chi connectivity index (χ4v) is 0.480. The van der Waals surface area contributed by atoms with Gasteiger partial charge in [-0.1, -0.05) is 0 Å². The number of hydrogen-bond donors (Lipinski definition) is 2. The van der Waals surface area contributed by atoms with Gasteiger partial charge in [0.05, 0.1) is 16.6 Å². The van der Waals surface area contributed by atoms with Crippen molar-refractivity contribution in [3.63, 3.8) is 0 Å². The molecule has 0 saturated carbocycles. The first-order valence-electron chi connectivity index (χ1n) is 1.92. The Morgan fingerprint density at radius 2 is 2.44 bits per heavy atom. The Morgan fingerprint density at radius 3 is 2.56 bits per heavy atom. The van der Waals surface area contributed by atoms with Crippen molar-refractivity contribution in [2.24, 2.45) is 5.90 Å². The van der Waals surface area contributed by atoms with Crippen molar-refractivity contribution in [1.29, 1.82) is 0 Å². The molecule has 0 aromatic heterocycles. The van der Waals surface area contributed by atoms with Gasteiger partial charge in [-0.25, -0.2) is 14.9 Å². The zero-order valence-electron chi connectivity index (χ0n) is 4.31. The standard InChI is InChI=1S/C3H5NO4S/c4-8-2(1-9-7)3(5)6/h1-2H,4H2,(H,5,6). The normalized spacial score (nSPS) is 12.1. The Hall–Kier alpha value is -0.720.